The number of rotatable bonds is 3. The first-order valence-electron chi connectivity index (χ1n) is 9.02. The van der Waals surface area contributed by atoms with Crippen molar-refractivity contribution in [2.75, 3.05) is 10.6 Å². The van der Waals surface area contributed by atoms with E-state index in [9.17, 15) is 18.8 Å². The highest BCUT2D eigenvalue weighted by Crippen LogP contribution is 2.29. The van der Waals surface area contributed by atoms with Crippen LogP contribution in [0.15, 0.2) is 29.3 Å². The van der Waals surface area contributed by atoms with E-state index in [0.717, 1.165) is 23.5 Å². The van der Waals surface area contributed by atoms with Gasteiger partial charge in [0.2, 0.25) is 0 Å². The third-order valence-electron chi connectivity index (χ3n) is 4.08. The van der Waals surface area contributed by atoms with Gasteiger partial charge in [0.25, 0.3) is 11.5 Å². The van der Waals surface area contributed by atoms with E-state index in [-0.39, 0.29) is 21.8 Å². The number of thiophene rings is 1. The summed E-state index contributed by atoms with van der Waals surface area (Å²) in [6.07, 6.45) is 0.646. The molecule has 1 aromatic carbocycles. The van der Waals surface area contributed by atoms with Gasteiger partial charge in [-0.25, -0.2) is 14.2 Å². The Balaban J connectivity index is 1.92. The number of amides is 2. The van der Waals surface area contributed by atoms with E-state index in [2.05, 4.69) is 15.6 Å². The number of aromatic nitrogens is 2. The molecule has 2 amide bonds. The number of anilines is 2. The molecular formula is C20H21FN4O4S. The largest absolute Gasteiger partial charge is 0.444 e. The molecule has 10 heteroatoms. The summed E-state index contributed by atoms with van der Waals surface area (Å²) in [4.78, 5) is 42.2. The third kappa shape index (κ3) is 4.48. The van der Waals surface area contributed by atoms with Crippen LogP contribution in [0.3, 0.4) is 0 Å². The van der Waals surface area contributed by atoms with Gasteiger partial charge >= 0.3 is 6.09 Å². The lowest BCUT2D eigenvalue weighted by atomic mass is 10.2. The fraction of sp³-hybridized carbons (Fsp3) is 0.300. The van der Waals surface area contributed by atoms with Gasteiger partial charge in [-0.2, -0.15) is 0 Å². The maximum Gasteiger partial charge on any atom is 0.412 e. The number of fused-ring (bicyclic) bond motifs is 1. The summed E-state index contributed by atoms with van der Waals surface area (Å²) < 4.78 is 20.3. The maximum atomic E-state index is 13.8. The van der Waals surface area contributed by atoms with Gasteiger partial charge in [-0.3, -0.25) is 14.9 Å². The molecule has 0 bridgehead atoms. The zero-order valence-electron chi connectivity index (χ0n) is 17.1. The predicted molar refractivity (Wildman–Crippen MR) is 114 cm³/mol. The van der Waals surface area contributed by atoms with Gasteiger partial charge in [0.05, 0.1) is 28.0 Å². The molecule has 0 spiro atoms. The van der Waals surface area contributed by atoms with Crippen molar-refractivity contribution in [1.82, 2.24) is 9.55 Å². The van der Waals surface area contributed by atoms with Gasteiger partial charge in [-0.1, -0.05) is 0 Å². The Hall–Kier alpha value is -3.27. The first-order chi connectivity index (χ1) is 14.0. The maximum absolute atomic E-state index is 13.8. The highest BCUT2D eigenvalue weighted by atomic mass is 32.1. The summed E-state index contributed by atoms with van der Waals surface area (Å²) in [5.74, 6) is -1.14. The molecule has 30 heavy (non-hydrogen) atoms. The Morgan fingerprint density at radius 1 is 1.20 bits per heavy atom. The minimum absolute atomic E-state index is 0.0589. The summed E-state index contributed by atoms with van der Waals surface area (Å²) in [6, 6.07) is 3.56. The third-order valence-corrected chi connectivity index (χ3v) is 5.28. The molecule has 8 nitrogen and oxygen atoms in total. The van der Waals surface area contributed by atoms with E-state index in [1.165, 1.54) is 17.0 Å². The molecule has 0 saturated carbocycles. The Kier molecular flexibility index (Phi) is 5.62. The van der Waals surface area contributed by atoms with Crippen molar-refractivity contribution in [3.05, 3.63) is 51.1 Å². The fourth-order valence-electron chi connectivity index (χ4n) is 2.75. The number of benzene rings is 1. The molecule has 3 aromatic rings. The monoisotopic (exact) mass is 432 g/mol. The quantitative estimate of drug-likeness (QED) is 0.650. The average Bonchev–Trinajstić information content (AvgIpc) is 2.96. The lowest BCUT2D eigenvalue weighted by Gasteiger charge is -2.20. The fourth-order valence-corrected chi connectivity index (χ4v) is 3.78. The molecule has 158 valence electrons. The normalized spacial score (nSPS) is 11.4. The summed E-state index contributed by atoms with van der Waals surface area (Å²) >= 11 is 1.06. The predicted octanol–water partition coefficient (Wildman–Crippen LogP) is 4.04. The smallest absolute Gasteiger partial charge is 0.412 e. The first-order valence-corrected chi connectivity index (χ1v) is 9.83. The van der Waals surface area contributed by atoms with E-state index < -0.39 is 23.4 Å². The number of hydrogen-bond acceptors (Lipinski definition) is 6. The lowest BCUT2D eigenvalue weighted by molar-refractivity contribution is 0.0635. The van der Waals surface area contributed by atoms with Gasteiger partial charge < -0.3 is 14.6 Å². The van der Waals surface area contributed by atoms with Crippen LogP contribution in [0, 0.1) is 12.7 Å². The van der Waals surface area contributed by atoms with E-state index in [1.54, 1.807) is 34.7 Å². The number of carbonyl (C=O) groups is 2. The van der Waals surface area contributed by atoms with Crippen molar-refractivity contribution in [1.29, 1.82) is 0 Å². The molecule has 0 radical (unpaired) electrons. The van der Waals surface area contributed by atoms with Crippen LogP contribution in [-0.2, 0) is 11.8 Å². The van der Waals surface area contributed by atoms with Crippen LogP contribution in [0.4, 0.5) is 20.6 Å². The minimum atomic E-state index is -0.740. The second-order valence-electron chi connectivity index (χ2n) is 7.67. The Morgan fingerprint density at radius 2 is 1.90 bits per heavy atom. The van der Waals surface area contributed by atoms with Gasteiger partial charge in [0.15, 0.2) is 0 Å². The summed E-state index contributed by atoms with van der Waals surface area (Å²) in [6.45, 7) is 6.79. The second kappa shape index (κ2) is 7.86. The zero-order chi connectivity index (χ0) is 22.2. The topological polar surface area (TPSA) is 102 Å². The van der Waals surface area contributed by atoms with Crippen molar-refractivity contribution in [3.8, 4) is 0 Å². The molecule has 0 fully saturated rings. The number of halogens is 1. The summed E-state index contributed by atoms with van der Waals surface area (Å²) in [7, 11) is 1.58. The number of nitrogens with zero attached hydrogens (tertiary/aromatic N) is 2. The standard InChI is InChI=1S/C20H21FN4O4S/c1-10-14-17(22-9-25(5)18(14)27)30-15(10)16(26)23-13-8-11(21)6-7-12(13)24-19(28)29-20(2,3)4/h6-9H,1-5H3,(H,23,26)(H,24,28). The Morgan fingerprint density at radius 3 is 2.57 bits per heavy atom. The number of aryl methyl sites for hydroxylation is 2. The number of carbonyl (C=O) groups excluding carboxylic acids is 2. The lowest BCUT2D eigenvalue weighted by Crippen LogP contribution is -2.27. The van der Waals surface area contributed by atoms with Gasteiger partial charge in [-0.15, -0.1) is 11.3 Å². The molecular weight excluding hydrogens is 411 g/mol. The highest BCUT2D eigenvalue weighted by molar-refractivity contribution is 7.20. The Labute approximate surface area is 175 Å². The highest BCUT2D eigenvalue weighted by Gasteiger charge is 2.21. The van der Waals surface area contributed by atoms with Crippen LogP contribution in [0.2, 0.25) is 0 Å². The summed E-state index contributed by atoms with van der Waals surface area (Å²) in [5.41, 5.74) is -0.263. The van der Waals surface area contributed by atoms with Crippen LogP contribution in [0.5, 0.6) is 0 Å². The van der Waals surface area contributed by atoms with Crippen molar-refractivity contribution in [3.63, 3.8) is 0 Å². The van der Waals surface area contributed by atoms with Crippen LogP contribution in [-0.4, -0.2) is 27.2 Å². The molecule has 2 aromatic heterocycles. The second-order valence-corrected chi connectivity index (χ2v) is 8.67. The first kappa shape index (κ1) is 21.4. The van der Waals surface area contributed by atoms with Crippen molar-refractivity contribution < 1.29 is 18.7 Å². The summed E-state index contributed by atoms with van der Waals surface area (Å²) in [5, 5.41) is 5.46. The van der Waals surface area contributed by atoms with Crippen LogP contribution >= 0.6 is 11.3 Å². The number of ether oxygens (including phenoxy) is 1. The molecule has 3 rings (SSSR count). The van der Waals surface area contributed by atoms with Crippen molar-refractivity contribution >= 4 is 44.9 Å². The average molecular weight is 432 g/mol. The zero-order valence-corrected chi connectivity index (χ0v) is 17.9. The molecule has 2 heterocycles. The molecule has 0 saturated heterocycles. The number of hydrogen-bond donors (Lipinski definition) is 2. The van der Waals surface area contributed by atoms with Crippen LogP contribution in [0.1, 0.15) is 36.0 Å². The van der Waals surface area contributed by atoms with E-state index in [0.29, 0.717) is 15.8 Å². The molecule has 0 aliphatic heterocycles. The van der Waals surface area contributed by atoms with Gasteiger partial charge in [0.1, 0.15) is 16.2 Å². The molecule has 0 aliphatic rings. The van der Waals surface area contributed by atoms with E-state index >= 15 is 0 Å². The number of nitrogens with one attached hydrogen (secondary N) is 2. The van der Waals surface area contributed by atoms with Gasteiger partial charge in [0, 0.05) is 7.05 Å². The molecule has 0 unspecified atom stereocenters. The molecule has 0 atom stereocenters. The van der Waals surface area contributed by atoms with E-state index in [4.69, 9.17) is 4.74 Å². The molecule has 0 aliphatic carbocycles. The van der Waals surface area contributed by atoms with E-state index in [1.807, 2.05) is 0 Å². The van der Waals surface area contributed by atoms with Crippen molar-refractivity contribution in [2.45, 2.75) is 33.3 Å². The SMILES string of the molecule is Cc1c(C(=O)Nc2cc(F)ccc2NC(=O)OC(C)(C)C)sc2ncn(C)c(=O)c12. The minimum Gasteiger partial charge on any atom is -0.444 e. The Bertz CT molecular complexity index is 1210. The van der Waals surface area contributed by atoms with Crippen LogP contribution < -0.4 is 16.2 Å². The van der Waals surface area contributed by atoms with Crippen molar-refractivity contribution in [2.24, 2.45) is 7.05 Å². The molecule has 2 N–H and O–H groups in total. The van der Waals surface area contributed by atoms with Crippen LogP contribution in [0.25, 0.3) is 10.2 Å². The van der Waals surface area contributed by atoms with Gasteiger partial charge in [-0.05, 0) is 51.5 Å².